The first kappa shape index (κ1) is 21.3. The molecule has 1 atom stereocenters. The molecule has 1 saturated heterocycles. The van der Waals surface area contributed by atoms with Crippen LogP contribution in [0.3, 0.4) is 0 Å². The van der Waals surface area contributed by atoms with Crippen LogP contribution in [0.5, 0.6) is 5.75 Å². The minimum Gasteiger partial charge on any atom is -0.492 e. The van der Waals surface area contributed by atoms with Crippen molar-refractivity contribution in [2.45, 2.75) is 45.4 Å². The van der Waals surface area contributed by atoms with Gasteiger partial charge in [-0.2, -0.15) is 5.10 Å². The van der Waals surface area contributed by atoms with Gasteiger partial charge < -0.3 is 15.0 Å². The second-order valence-corrected chi connectivity index (χ2v) is 10.2. The number of ether oxygens (including phenoxy) is 1. The Morgan fingerprint density at radius 2 is 2.15 bits per heavy atom. The Morgan fingerprint density at radius 1 is 1.26 bits per heavy atom. The molecule has 2 N–H and O–H groups in total. The number of amides is 1. The standard InChI is InChI=1S/C25H28N6O2S/c1-2-33-20-12-18-16(13-28-30-18)10-19(20)29-23-22-17-7-6-15(25(32)31-8-4-3-5-9-31)11-21(17)34-24(22)27-14-26-23/h10,12-15H,2-9,11H2,1H3,(H,28,30)(H,26,27,29)/t15-/m0/s1. The summed E-state index contributed by atoms with van der Waals surface area (Å²) in [5.41, 5.74) is 3.07. The van der Waals surface area contributed by atoms with Crippen molar-refractivity contribution in [3.05, 3.63) is 35.1 Å². The second kappa shape index (κ2) is 8.87. The summed E-state index contributed by atoms with van der Waals surface area (Å²) in [5.74, 6) is 1.95. The lowest BCUT2D eigenvalue weighted by atomic mass is 9.86. The number of aromatic amines is 1. The summed E-state index contributed by atoms with van der Waals surface area (Å²) < 4.78 is 5.90. The summed E-state index contributed by atoms with van der Waals surface area (Å²) in [6, 6.07) is 4.00. The third-order valence-corrected chi connectivity index (χ3v) is 8.12. The Morgan fingerprint density at radius 3 is 3.00 bits per heavy atom. The molecule has 3 aromatic heterocycles. The lowest BCUT2D eigenvalue weighted by molar-refractivity contribution is -0.136. The van der Waals surface area contributed by atoms with Crippen LogP contribution in [-0.2, 0) is 17.6 Å². The molecule has 0 radical (unpaired) electrons. The van der Waals surface area contributed by atoms with Crippen LogP contribution in [0.4, 0.5) is 11.5 Å². The molecular formula is C25H28N6O2S. The number of likely N-dealkylation sites (tertiary alicyclic amines) is 1. The number of H-pyrrole nitrogens is 1. The molecule has 1 aliphatic carbocycles. The largest absolute Gasteiger partial charge is 0.492 e. The van der Waals surface area contributed by atoms with Gasteiger partial charge >= 0.3 is 0 Å². The lowest BCUT2D eigenvalue weighted by Crippen LogP contribution is -2.41. The molecule has 1 amide bonds. The molecule has 4 heterocycles. The number of hydrogen-bond acceptors (Lipinski definition) is 7. The zero-order valence-electron chi connectivity index (χ0n) is 19.3. The lowest BCUT2D eigenvalue weighted by Gasteiger charge is -2.32. The predicted octanol–water partition coefficient (Wildman–Crippen LogP) is 4.83. The molecule has 0 spiro atoms. The number of carbonyl (C=O) groups is 1. The number of hydrogen-bond donors (Lipinski definition) is 2. The second-order valence-electron chi connectivity index (χ2n) is 9.10. The van der Waals surface area contributed by atoms with Crippen molar-refractivity contribution < 1.29 is 9.53 Å². The highest BCUT2D eigenvalue weighted by atomic mass is 32.1. The number of benzene rings is 1. The highest BCUT2D eigenvalue weighted by Crippen LogP contribution is 2.42. The number of thiophene rings is 1. The average Bonchev–Trinajstić information content (AvgIpc) is 3.48. The van der Waals surface area contributed by atoms with E-state index in [2.05, 4.69) is 30.4 Å². The monoisotopic (exact) mass is 476 g/mol. The highest BCUT2D eigenvalue weighted by Gasteiger charge is 2.32. The number of rotatable bonds is 5. The van der Waals surface area contributed by atoms with Crippen LogP contribution in [0, 0.1) is 5.92 Å². The minimum atomic E-state index is 0.0797. The van der Waals surface area contributed by atoms with E-state index in [1.807, 2.05) is 19.1 Å². The van der Waals surface area contributed by atoms with Crippen LogP contribution in [0.15, 0.2) is 24.7 Å². The van der Waals surface area contributed by atoms with Gasteiger partial charge in [0.15, 0.2) is 0 Å². The van der Waals surface area contributed by atoms with E-state index in [9.17, 15) is 4.79 Å². The maximum atomic E-state index is 13.1. The van der Waals surface area contributed by atoms with E-state index in [4.69, 9.17) is 4.74 Å². The van der Waals surface area contributed by atoms with Crippen molar-refractivity contribution >= 4 is 49.9 Å². The highest BCUT2D eigenvalue weighted by molar-refractivity contribution is 7.19. The molecule has 0 bridgehead atoms. The van der Waals surface area contributed by atoms with Gasteiger partial charge in [-0.3, -0.25) is 9.89 Å². The molecule has 1 aliphatic heterocycles. The zero-order valence-corrected chi connectivity index (χ0v) is 20.1. The van der Waals surface area contributed by atoms with Gasteiger partial charge in [-0.05, 0) is 57.1 Å². The smallest absolute Gasteiger partial charge is 0.226 e. The van der Waals surface area contributed by atoms with Crippen LogP contribution < -0.4 is 10.1 Å². The van der Waals surface area contributed by atoms with E-state index < -0.39 is 0 Å². The number of nitrogens with one attached hydrogen (secondary N) is 2. The Kier molecular flexibility index (Phi) is 5.57. The van der Waals surface area contributed by atoms with Crippen molar-refractivity contribution in [2.24, 2.45) is 5.92 Å². The summed E-state index contributed by atoms with van der Waals surface area (Å²) in [4.78, 5) is 26.6. The summed E-state index contributed by atoms with van der Waals surface area (Å²) in [5, 5.41) is 12.7. The average molecular weight is 477 g/mol. The molecule has 0 unspecified atom stereocenters. The number of piperidine rings is 1. The zero-order chi connectivity index (χ0) is 23.1. The molecule has 176 valence electrons. The molecule has 1 fully saturated rings. The quantitative estimate of drug-likeness (QED) is 0.428. The van der Waals surface area contributed by atoms with Crippen molar-refractivity contribution in [3.63, 3.8) is 0 Å². The first-order valence-electron chi connectivity index (χ1n) is 12.1. The van der Waals surface area contributed by atoms with Crippen molar-refractivity contribution in [3.8, 4) is 5.75 Å². The van der Waals surface area contributed by atoms with Crippen molar-refractivity contribution in [1.82, 2.24) is 25.1 Å². The predicted molar refractivity (Wildman–Crippen MR) is 134 cm³/mol. The van der Waals surface area contributed by atoms with Gasteiger partial charge in [-0.25, -0.2) is 9.97 Å². The first-order chi connectivity index (χ1) is 16.7. The van der Waals surface area contributed by atoms with E-state index >= 15 is 0 Å². The third kappa shape index (κ3) is 3.77. The molecule has 0 saturated carbocycles. The number of carbonyl (C=O) groups excluding carboxylic acids is 1. The van der Waals surface area contributed by atoms with E-state index in [1.54, 1.807) is 23.9 Å². The molecule has 4 aromatic rings. The van der Waals surface area contributed by atoms with E-state index in [0.29, 0.717) is 12.5 Å². The van der Waals surface area contributed by atoms with Crippen molar-refractivity contribution in [1.29, 1.82) is 0 Å². The number of anilines is 2. The van der Waals surface area contributed by atoms with Crippen molar-refractivity contribution in [2.75, 3.05) is 25.0 Å². The summed E-state index contributed by atoms with van der Waals surface area (Å²) >= 11 is 1.70. The first-order valence-corrected chi connectivity index (χ1v) is 12.9. The molecule has 2 aliphatic rings. The van der Waals surface area contributed by atoms with Crippen LogP contribution >= 0.6 is 11.3 Å². The van der Waals surface area contributed by atoms with Gasteiger partial charge in [0.1, 0.15) is 22.7 Å². The number of aromatic nitrogens is 4. The van der Waals surface area contributed by atoms with Gasteiger partial charge in [-0.1, -0.05) is 0 Å². The van der Waals surface area contributed by atoms with Gasteiger partial charge in [0.2, 0.25) is 5.91 Å². The molecule has 1 aromatic carbocycles. The van der Waals surface area contributed by atoms with E-state index in [0.717, 1.165) is 83.6 Å². The van der Waals surface area contributed by atoms with E-state index in [1.165, 1.54) is 16.9 Å². The maximum Gasteiger partial charge on any atom is 0.226 e. The Balaban J connectivity index is 1.32. The summed E-state index contributed by atoms with van der Waals surface area (Å²) in [7, 11) is 0. The van der Waals surface area contributed by atoms with Gasteiger partial charge in [-0.15, -0.1) is 11.3 Å². The molecule has 34 heavy (non-hydrogen) atoms. The van der Waals surface area contributed by atoms with Gasteiger partial charge in [0.05, 0.1) is 29.4 Å². The molecular weight excluding hydrogens is 448 g/mol. The maximum absolute atomic E-state index is 13.1. The summed E-state index contributed by atoms with van der Waals surface area (Å²) in [6.07, 6.45) is 9.47. The fourth-order valence-electron chi connectivity index (χ4n) is 5.26. The Hall–Kier alpha value is -3.20. The van der Waals surface area contributed by atoms with Crippen LogP contribution in [0.2, 0.25) is 0 Å². The van der Waals surface area contributed by atoms with Gasteiger partial charge in [0, 0.05) is 35.3 Å². The van der Waals surface area contributed by atoms with Crippen LogP contribution in [0.1, 0.15) is 43.0 Å². The van der Waals surface area contributed by atoms with Gasteiger partial charge in [0.25, 0.3) is 0 Å². The van der Waals surface area contributed by atoms with Crippen LogP contribution in [0.25, 0.3) is 21.1 Å². The Labute approximate surface area is 201 Å². The normalized spacial score (nSPS) is 18.3. The third-order valence-electron chi connectivity index (χ3n) is 6.96. The number of fused-ring (bicyclic) bond motifs is 4. The fourth-order valence-corrected chi connectivity index (χ4v) is 6.53. The Bertz CT molecular complexity index is 1360. The molecule has 9 heteroatoms. The SMILES string of the molecule is CCOc1cc2[nH]ncc2cc1Nc1ncnc2sc3c(c12)CC[C@H](C(=O)N1CCCCC1)C3. The molecule has 6 rings (SSSR count). The fraction of sp³-hybridized carbons (Fsp3) is 0.440. The summed E-state index contributed by atoms with van der Waals surface area (Å²) in [6.45, 7) is 4.36. The minimum absolute atomic E-state index is 0.0797. The number of aryl methyl sites for hydroxylation is 1. The number of nitrogens with zero attached hydrogens (tertiary/aromatic N) is 4. The van der Waals surface area contributed by atoms with Crippen LogP contribution in [-0.4, -0.2) is 50.7 Å². The topological polar surface area (TPSA) is 96.0 Å². The molecule has 8 nitrogen and oxygen atoms in total. The van der Waals surface area contributed by atoms with E-state index in [-0.39, 0.29) is 5.92 Å².